The van der Waals surface area contributed by atoms with Crippen molar-refractivity contribution in [2.24, 2.45) is 4.99 Å². The number of allylic oxidation sites excluding steroid dienone is 1. The quantitative estimate of drug-likeness (QED) is 0.721. The maximum absolute atomic E-state index is 12.5. The highest BCUT2D eigenvalue weighted by Crippen LogP contribution is 2.31. The van der Waals surface area contributed by atoms with E-state index in [-0.39, 0.29) is 18.2 Å². The molecule has 3 heterocycles. The van der Waals surface area contributed by atoms with Gasteiger partial charge < -0.3 is 25.6 Å². The zero-order chi connectivity index (χ0) is 19.1. The van der Waals surface area contributed by atoms with Gasteiger partial charge in [0.2, 0.25) is 5.78 Å². The Hall–Kier alpha value is -2.80. The molecular weight excluding hydrogens is 354 g/mol. The van der Waals surface area contributed by atoms with Crippen LogP contribution in [0, 0.1) is 0 Å². The van der Waals surface area contributed by atoms with E-state index in [1.165, 1.54) is 6.42 Å². The molecule has 3 aliphatic heterocycles. The third kappa shape index (κ3) is 3.05. The van der Waals surface area contributed by atoms with E-state index in [0.717, 1.165) is 41.3 Å². The summed E-state index contributed by atoms with van der Waals surface area (Å²) in [6.07, 6.45) is 5.29. The lowest BCUT2D eigenvalue weighted by atomic mass is 9.96. The average molecular weight is 379 g/mol. The number of Topliss-reactive ketones (excluding diaryl/α,β-unsaturated/α-hetero) is 1. The molecule has 5 rings (SSSR count). The van der Waals surface area contributed by atoms with E-state index >= 15 is 0 Å². The van der Waals surface area contributed by atoms with Crippen molar-refractivity contribution in [1.29, 1.82) is 0 Å². The van der Waals surface area contributed by atoms with Crippen molar-refractivity contribution in [3.63, 3.8) is 0 Å². The molecule has 146 valence electrons. The standard InChI is InChI=1S/C21H25N5O2/c1-13-18(22-11-17(24-13)28-15-8-5-9-15)21-25-20-19(16(27)10-23-20)26(21)12-14-6-3-2-4-7-14/h2-4,6-7,11,15,17,21,23-25H,5,8-10,12H2,1H3. The molecule has 1 aromatic carbocycles. The number of carbonyl (C=O) groups is 1. The molecule has 0 amide bonds. The lowest BCUT2D eigenvalue weighted by Gasteiger charge is -2.34. The molecule has 0 spiro atoms. The highest BCUT2D eigenvalue weighted by molar-refractivity contribution is 6.00. The first-order valence-corrected chi connectivity index (χ1v) is 9.94. The predicted molar refractivity (Wildman–Crippen MR) is 106 cm³/mol. The Morgan fingerprint density at radius 1 is 1.21 bits per heavy atom. The molecule has 7 nitrogen and oxygen atoms in total. The van der Waals surface area contributed by atoms with Crippen molar-refractivity contribution >= 4 is 12.0 Å². The summed E-state index contributed by atoms with van der Waals surface area (Å²) in [4.78, 5) is 19.3. The third-order valence-corrected chi connectivity index (χ3v) is 5.74. The van der Waals surface area contributed by atoms with Crippen LogP contribution in [0.3, 0.4) is 0 Å². The molecule has 7 heteroatoms. The fraction of sp³-hybridized carbons (Fsp3) is 0.429. The van der Waals surface area contributed by atoms with Gasteiger partial charge >= 0.3 is 0 Å². The number of hydrogen-bond donors (Lipinski definition) is 3. The monoisotopic (exact) mass is 379 g/mol. The number of aliphatic imine (C=N–C) groups is 1. The molecule has 2 unspecified atom stereocenters. The van der Waals surface area contributed by atoms with Crippen LogP contribution in [0.15, 0.2) is 58.2 Å². The molecule has 0 saturated heterocycles. The van der Waals surface area contributed by atoms with Gasteiger partial charge in [-0.05, 0) is 31.7 Å². The molecule has 3 N–H and O–H groups in total. The second-order valence-corrected chi connectivity index (χ2v) is 7.70. The van der Waals surface area contributed by atoms with Gasteiger partial charge in [-0.3, -0.25) is 9.79 Å². The number of ether oxygens (including phenoxy) is 1. The van der Waals surface area contributed by atoms with Crippen LogP contribution < -0.4 is 16.0 Å². The Balaban J connectivity index is 1.38. The van der Waals surface area contributed by atoms with E-state index in [1.807, 2.05) is 31.3 Å². The number of nitrogens with zero attached hydrogens (tertiary/aromatic N) is 2. The predicted octanol–water partition coefficient (Wildman–Crippen LogP) is 1.56. The van der Waals surface area contributed by atoms with E-state index in [0.29, 0.717) is 19.2 Å². The zero-order valence-electron chi connectivity index (χ0n) is 15.9. The number of nitrogens with one attached hydrogen (secondary N) is 3. The number of hydrogen-bond acceptors (Lipinski definition) is 7. The van der Waals surface area contributed by atoms with E-state index in [9.17, 15) is 4.79 Å². The molecule has 1 fully saturated rings. The summed E-state index contributed by atoms with van der Waals surface area (Å²) in [5.41, 5.74) is 3.72. The molecular formula is C21H25N5O2. The Bertz CT molecular complexity index is 872. The van der Waals surface area contributed by atoms with Gasteiger partial charge in [0.15, 0.2) is 6.23 Å². The van der Waals surface area contributed by atoms with Crippen LogP contribution >= 0.6 is 0 Å². The first kappa shape index (κ1) is 17.3. The molecule has 0 aromatic heterocycles. The number of carbonyl (C=O) groups excluding carboxylic acids is 1. The molecule has 4 aliphatic rings. The normalized spacial score (nSPS) is 26.8. The molecule has 2 atom stereocenters. The highest BCUT2D eigenvalue weighted by Gasteiger charge is 2.41. The lowest BCUT2D eigenvalue weighted by molar-refractivity contribution is -0.115. The Kier molecular flexibility index (Phi) is 4.31. The molecule has 0 bridgehead atoms. The van der Waals surface area contributed by atoms with Crippen LogP contribution in [-0.2, 0) is 16.1 Å². The average Bonchev–Trinajstić information content (AvgIpc) is 3.20. The Morgan fingerprint density at radius 2 is 2.04 bits per heavy atom. The van der Waals surface area contributed by atoms with Crippen molar-refractivity contribution in [2.75, 3.05) is 6.54 Å². The SMILES string of the molecule is CC1=C(C2NC3=C(C(=O)CN3)N2Cc2ccccc2)N=CC(OC2CCC2)N1. The molecule has 1 aromatic rings. The van der Waals surface area contributed by atoms with Crippen molar-refractivity contribution in [1.82, 2.24) is 20.9 Å². The van der Waals surface area contributed by atoms with Crippen LogP contribution in [-0.4, -0.2) is 41.9 Å². The van der Waals surface area contributed by atoms with Crippen LogP contribution in [0.2, 0.25) is 0 Å². The van der Waals surface area contributed by atoms with Gasteiger partial charge in [-0.15, -0.1) is 0 Å². The van der Waals surface area contributed by atoms with Gasteiger partial charge in [-0.1, -0.05) is 30.3 Å². The van der Waals surface area contributed by atoms with Gasteiger partial charge in [-0.25, -0.2) is 0 Å². The van der Waals surface area contributed by atoms with E-state index in [1.54, 1.807) is 0 Å². The van der Waals surface area contributed by atoms with E-state index in [4.69, 9.17) is 9.73 Å². The van der Waals surface area contributed by atoms with Crippen molar-refractivity contribution < 1.29 is 9.53 Å². The largest absolute Gasteiger partial charge is 0.362 e. The minimum Gasteiger partial charge on any atom is -0.362 e. The fourth-order valence-corrected chi connectivity index (χ4v) is 4.04. The van der Waals surface area contributed by atoms with Crippen LogP contribution in [0.5, 0.6) is 0 Å². The van der Waals surface area contributed by atoms with Crippen LogP contribution in [0.25, 0.3) is 0 Å². The summed E-state index contributed by atoms with van der Waals surface area (Å²) in [5.74, 6) is 0.910. The highest BCUT2D eigenvalue weighted by atomic mass is 16.5. The number of rotatable bonds is 5. The Morgan fingerprint density at radius 3 is 2.75 bits per heavy atom. The van der Waals surface area contributed by atoms with Crippen molar-refractivity contribution in [3.8, 4) is 0 Å². The molecule has 28 heavy (non-hydrogen) atoms. The van der Waals surface area contributed by atoms with Gasteiger partial charge in [0.25, 0.3) is 0 Å². The number of ketones is 1. The lowest BCUT2D eigenvalue weighted by Crippen LogP contribution is -2.46. The topological polar surface area (TPSA) is 78.0 Å². The van der Waals surface area contributed by atoms with Crippen molar-refractivity contribution in [3.05, 3.63) is 58.8 Å². The van der Waals surface area contributed by atoms with Gasteiger partial charge in [-0.2, -0.15) is 0 Å². The zero-order valence-corrected chi connectivity index (χ0v) is 15.9. The maximum Gasteiger partial charge on any atom is 0.201 e. The number of benzene rings is 1. The first-order valence-electron chi connectivity index (χ1n) is 9.94. The minimum absolute atomic E-state index is 0.109. The summed E-state index contributed by atoms with van der Waals surface area (Å²) in [6.45, 7) is 3.00. The maximum atomic E-state index is 12.5. The van der Waals surface area contributed by atoms with Gasteiger partial charge in [0.05, 0.1) is 18.9 Å². The summed E-state index contributed by atoms with van der Waals surface area (Å²) in [6, 6.07) is 10.2. The molecule has 1 saturated carbocycles. The molecule has 1 aliphatic carbocycles. The fourth-order valence-electron chi connectivity index (χ4n) is 4.04. The second kappa shape index (κ2) is 6.98. The van der Waals surface area contributed by atoms with Crippen LogP contribution in [0.4, 0.5) is 0 Å². The third-order valence-electron chi connectivity index (χ3n) is 5.74. The van der Waals surface area contributed by atoms with Crippen molar-refractivity contribution in [2.45, 2.75) is 51.2 Å². The van der Waals surface area contributed by atoms with E-state index in [2.05, 4.69) is 33.0 Å². The van der Waals surface area contributed by atoms with Gasteiger partial charge in [0.1, 0.15) is 23.4 Å². The van der Waals surface area contributed by atoms with E-state index < -0.39 is 0 Å². The van der Waals surface area contributed by atoms with Gasteiger partial charge in [0, 0.05) is 12.2 Å². The van der Waals surface area contributed by atoms with Crippen LogP contribution in [0.1, 0.15) is 31.7 Å². The second-order valence-electron chi connectivity index (χ2n) is 7.70. The summed E-state index contributed by atoms with van der Waals surface area (Å²) < 4.78 is 6.02. The summed E-state index contributed by atoms with van der Waals surface area (Å²) >= 11 is 0. The smallest absolute Gasteiger partial charge is 0.201 e. The first-order chi connectivity index (χ1) is 13.7. The Labute approximate surface area is 164 Å². The minimum atomic E-state index is -0.199. The summed E-state index contributed by atoms with van der Waals surface area (Å²) in [5, 5.41) is 10.1. The summed E-state index contributed by atoms with van der Waals surface area (Å²) in [7, 11) is 0. The molecule has 0 radical (unpaired) electrons.